The Hall–Kier alpha value is -1.75. The van der Waals surface area contributed by atoms with Gasteiger partial charge in [-0.15, -0.1) is 0 Å². The second-order valence-corrected chi connectivity index (χ2v) is 4.16. The molecule has 0 saturated heterocycles. The SMILES string of the molecule is CN(C(=O)c1ccncc1)c1cccnc1Br. The number of amides is 1. The molecule has 2 aromatic heterocycles. The molecule has 0 aliphatic rings. The summed E-state index contributed by atoms with van der Waals surface area (Å²) in [6, 6.07) is 6.98. The highest BCUT2D eigenvalue weighted by Gasteiger charge is 2.15. The highest BCUT2D eigenvalue weighted by molar-refractivity contribution is 9.10. The highest BCUT2D eigenvalue weighted by Crippen LogP contribution is 2.23. The van der Waals surface area contributed by atoms with Crippen LogP contribution in [-0.4, -0.2) is 22.9 Å². The molecule has 0 aliphatic heterocycles. The molecule has 4 nitrogen and oxygen atoms in total. The van der Waals surface area contributed by atoms with Crippen molar-refractivity contribution in [2.24, 2.45) is 0 Å². The zero-order valence-electron chi connectivity index (χ0n) is 9.17. The first-order chi connectivity index (χ1) is 8.20. The van der Waals surface area contributed by atoms with Crippen LogP contribution in [0.1, 0.15) is 10.4 Å². The van der Waals surface area contributed by atoms with Gasteiger partial charge in [0.1, 0.15) is 4.60 Å². The van der Waals surface area contributed by atoms with Gasteiger partial charge in [-0.05, 0) is 40.2 Å². The van der Waals surface area contributed by atoms with Crippen molar-refractivity contribution in [1.82, 2.24) is 9.97 Å². The van der Waals surface area contributed by atoms with Gasteiger partial charge in [0.15, 0.2) is 0 Å². The third kappa shape index (κ3) is 2.50. The Morgan fingerprint density at radius 2 is 1.94 bits per heavy atom. The minimum absolute atomic E-state index is 0.0962. The average molecular weight is 292 g/mol. The topological polar surface area (TPSA) is 46.1 Å². The number of hydrogen-bond acceptors (Lipinski definition) is 3. The van der Waals surface area contributed by atoms with E-state index in [1.54, 1.807) is 48.7 Å². The van der Waals surface area contributed by atoms with Crippen molar-refractivity contribution in [2.75, 3.05) is 11.9 Å². The number of hydrogen-bond donors (Lipinski definition) is 0. The fraction of sp³-hybridized carbons (Fsp3) is 0.0833. The van der Waals surface area contributed by atoms with E-state index in [1.807, 2.05) is 6.07 Å². The fourth-order valence-electron chi connectivity index (χ4n) is 1.43. The van der Waals surface area contributed by atoms with E-state index >= 15 is 0 Å². The molecule has 5 heteroatoms. The van der Waals surface area contributed by atoms with Crippen molar-refractivity contribution >= 4 is 27.5 Å². The Bertz CT molecular complexity index is 530. The van der Waals surface area contributed by atoms with E-state index in [2.05, 4.69) is 25.9 Å². The van der Waals surface area contributed by atoms with Gasteiger partial charge >= 0.3 is 0 Å². The van der Waals surface area contributed by atoms with Crippen LogP contribution in [0.15, 0.2) is 47.5 Å². The van der Waals surface area contributed by atoms with Crippen LogP contribution in [-0.2, 0) is 0 Å². The van der Waals surface area contributed by atoms with Gasteiger partial charge in [0.05, 0.1) is 5.69 Å². The summed E-state index contributed by atoms with van der Waals surface area (Å²) in [5.74, 6) is -0.0962. The van der Waals surface area contributed by atoms with Crippen LogP contribution in [0.25, 0.3) is 0 Å². The Kier molecular flexibility index (Phi) is 3.49. The molecule has 0 fully saturated rings. The van der Waals surface area contributed by atoms with Gasteiger partial charge < -0.3 is 4.90 Å². The molecule has 0 bridgehead atoms. The molecular weight excluding hydrogens is 282 g/mol. The van der Waals surface area contributed by atoms with Gasteiger partial charge in [0.2, 0.25) is 0 Å². The van der Waals surface area contributed by atoms with Crippen LogP contribution >= 0.6 is 15.9 Å². The van der Waals surface area contributed by atoms with Gasteiger partial charge in [-0.2, -0.15) is 0 Å². The van der Waals surface area contributed by atoms with Crippen molar-refractivity contribution in [1.29, 1.82) is 0 Å². The van der Waals surface area contributed by atoms with Crippen molar-refractivity contribution in [3.05, 3.63) is 53.0 Å². The number of halogens is 1. The Balaban J connectivity index is 2.30. The van der Waals surface area contributed by atoms with Crippen LogP contribution in [0.4, 0.5) is 5.69 Å². The Labute approximate surface area is 107 Å². The first-order valence-electron chi connectivity index (χ1n) is 4.99. The molecule has 86 valence electrons. The third-order valence-electron chi connectivity index (χ3n) is 2.33. The van der Waals surface area contributed by atoms with Gasteiger partial charge in [-0.3, -0.25) is 9.78 Å². The first-order valence-corrected chi connectivity index (χ1v) is 5.78. The summed E-state index contributed by atoms with van der Waals surface area (Å²) in [4.78, 5) is 21.7. The van der Waals surface area contributed by atoms with Crippen molar-refractivity contribution in [3.8, 4) is 0 Å². The van der Waals surface area contributed by atoms with Gasteiger partial charge in [0.25, 0.3) is 5.91 Å². The van der Waals surface area contributed by atoms with Crippen LogP contribution in [0, 0.1) is 0 Å². The summed E-state index contributed by atoms with van der Waals surface area (Å²) in [7, 11) is 1.71. The maximum absolute atomic E-state index is 12.1. The lowest BCUT2D eigenvalue weighted by molar-refractivity contribution is 0.0992. The summed E-state index contributed by atoms with van der Waals surface area (Å²) >= 11 is 3.32. The number of pyridine rings is 2. The van der Waals surface area contributed by atoms with Gasteiger partial charge in [-0.1, -0.05) is 0 Å². The lowest BCUT2D eigenvalue weighted by Crippen LogP contribution is -2.26. The molecule has 2 aromatic rings. The number of aromatic nitrogens is 2. The second-order valence-electron chi connectivity index (χ2n) is 3.41. The summed E-state index contributed by atoms with van der Waals surface area (Å²) in [5, 5.41) is 0. The molecule has 17 heavy (non-hydrogen) atoms. The number of nitrogens with zero attached hydrogens (tertiary/aromatic N) is 3. The van der Waals surface area contributed by atoms with E-state index in [9.17, 15) is 4.79 Å². The normalized spacial score (nSPS) is 10.0. The molecule has 0 aliphatic carbocycles. The highest BCUT2D eigenvalue weighted by atomic mass is 79.9. The monoisotopic (exact) mass is 291 g/mol. The van der Waals surface area contributed by atoms with E-state index in [0.29, 0.717) is 10.2 Å². The molecule has 0 aromatic carbocycles. The molecule has 0 atom stereocenters. The second kappa shape index (κ2) is 5.05. The van der Waals surface area contributed by atoms with Gasteiger partial charge in [-0.25, -0.2) is 4.98 Å². The lowest BCUT2D eigenvalue weighted by Gasteiger charge is -2.17. The first kappa shape index (κ1) is 11.7. The predicted octanol–water partition coefficient (Wildman–Crippen LogP) is 2.52. The number of rotatable bonds is 2. The van der Waals surface area contributed by atoms with Crippen molar-refractivity contribution in [3.63, 3.8) is 0 Å². The Morgan fingerprint density at radius 1 is 1.24 bits per heavy atom. The zero-order chi connectivity index (χ0) is 12.3. The van der Waals surface area contributed by atoms with E-state index in [-0.39, 0.29) is 5.91 Å². The number of carbonyl (C=O) groups is 1. The van der Waals surface area contributed by atoms with Crippen LogP contribution < -0.4 is 4.90 Å². The maximum Gasteiger partial charge on any atom is 0.258 e. The van der Waals surface area contributed by atoms with Crippen LogP contribution in [0.5, 0.6) is 0 Å². The quantitative estimate of drug-likeness (QED) is 0.799. The average Bonchev–Trinajstić information content (AvgIpc) is 2.39. The fourth-order valence-corrected chi connectivity index (χ4v) is 1.94. The lowest BCUT2D eigenvalue weighted by atomic mass is 10.2. The summed E-state index contributed by atoms with van der Waals surface area (Å²) < 4.78 is 0.643. The summed E-state index contributed by atoms with van der Waals surface area (Å²) in [6.45, 7) is 0. The molecular formula is C12H10BrN3O. The maximum atomic E-state index is 12.1. The molecule has 0 saturated carbocycles. The largest absolute Gasteiger partial charge is 0.309 e. The van der Waals surface area contributed by atoms with Gasteiger partial charge in [0, 0.05) is 31.2 Å². The molecule has 1 amide bonds. The van der Waals surface area contributed by atoms with Crippen LogP contribution in [0.2, 0.25) is 0 Å². The van der Waals surface area contributed by atoms with Crippen LogP contribution in [0.3, 0.4) is 0 Å². The minimum atomic E-state index is -0.0962. The van der Waals surface area contributed by atoms with E-state index < -0.39 is 0 Å². The standard InChI is InChI=1S/C12H10BrN3O/c1-16(10-3-2-6-15-11(10)13)12(17)9-4-7-14-8-5-9/h2-8H,1H3. The summed E-state index contributed by atoms with van der Waals surface area (Å²) in [6.07, 6.45) is 4.86. The molecule has 0 N–H and O–H groups in total. The molecule has 0 spiro atoms. The smallest absolute Gasteiger partial charge is 0.258 e. The molecule has 2 rings (SSSR count). The van der Waals surface area contributed by atoms with Crippen molar-refractivity contribution < 1.29 is 4.79 Å². The zero-order valence-corrected chi connectivity index (χ0v) is 10.8. The number of anilines is 1. The molecule has 0 unspecified atom stereocenters. The molecule has 0 radical (unpaired) electrons. The molecule has 2 heterocycles. The minimum Gasteiger partial charge on any atom is -0.309 e. The third-order valence-corrected chi connectivity index (χ3v) is 2.94. The van der Waals surface area contributed by atoms with E-state index in [1.165, 1.54) is 0 Å². The predicted molar refractivity (Wildman–Crippen MR) is 68.9 cm³/mol. The van der Waals surface area contributed by atoms with E-state index in [4.69, 9.17) is 0 Å². The van der Waals surface area contributed by atoms with Crippen molar-refractivity contribution in [2.45, 2.75) is 0 Å². The summed E-state index contributed by atoms with van der Waals surface area (Å²) in [5.41, 5.74) is 1.33. The Morgan fingerprint density at radius 3 is 2.59 bits per heavy atom. The number of carbonyl (C=O) groups excluding carboxylic acids is 1. The van der Waals surface area contributed by atoms with E-state index in [0.717, 1.165) is 5.69 Å².